The lowest BCUT2D eigenvalue weighted by Crippen LogP contribution is -2.33. The molecule has 19 heavy (non-hydrogen) atoms. The third-order valence-electron chi connectivity index (χ3n) is 3.56. The van der Waals surface area contributed by atoms with E-state index in [1.165, 1.54) is 0 Å². The highest BCUT2D eigenvalue weighted by molar-refractivity contribution is 7.89. The van der Waals surface area contributed by atoms with Gasteiger partial charge in [-0.3, -0.25) is 0 Å². The third-order valence-corrected chi connectivity index (χ3v) is 5.79. The van der Waals surface area contributed by atoms with E-state index in [-0.39, 0.29) is 11.0 Å². The molecule has 1 atom stereocenters. The van der Waals surface area contributed by atoms with Gasteiger partial charge in [-0.25, -0.2) is 8.42 Å². The van der Waals surface area contributed by atoms with Crippen LogP contribution in [0.5, 0.6) is 0 Å². The van der Waals surface area contributed by atoms with Crippen LogP contribution in [0.15, 0.2) is 23.1 Å². The van der Waals surface area contributed by atoms with E-state index in [0.717, 1.165) is 24.0 Å². The summed E-state index contributed by atoms with van der Waals surface area (Å²) in [6, 6.07) is 4.99. The minimum absolute atomic E-state index is 0.0700. The predicted molar refractivity (Wildman–Crippen MR) is 79.7 cm³/mol. The van der Waals surface area contributed by atoms with Gasteiger partial charge in [0.1, 0.15) is 4.99 Å². The highest BCUT2D eigenvalue weighted by Gasteiger charge is 2.32. The Bertz CT molecular complexity index is 611. The smallest absolute Gasteiger partial charge is 0.243 e. The highest BCUT2D eigenvalue weighted by Crippen LogP contribution is 2.26. The molecule has 0 radical (unpaired) electrons. The van der Waals surface area contributed by atoms with E-state index in [1.54, 1.807) is 22.5 Å². The van der Waals surface area contributed by atoms with Crippen LogP contribution >= 0.6 is 12.2 Å². The number of rotatable bonds is 3. The van der Waals surface area contributed by atoms with Gasteiger partial charge in [-0.1, -0.05) is 18.3 Å². The van der Waals surface area contributed by atoms with E-state index in [2.05, 4.69) is 0 Å². The van der Waals surface area contributed by atoms with Crippen LogP contribution in [0.25, 0.3) is 0 Å². The molecule has 1 saturated heterocycles. The quantitative estimate of drug-likeness (QED) is 0.864. The summed E-state index contributed by atoms with van der Waals surface area (Å²) < 4.78 is 26.7. The van der Waals surface area contributed by atoms with Crippen LogP contribution in [-0.2, 0) is 10.0 Å². The molecule has 1 aromatic carbocycles. The van der Waals surface area contributed by atoms with Crippen molar-refractivity contribution in [1.29, 1.82) is 0 Å². The lowest BCUT2D eigenvalue weighted by atomic mass is 10.1. The number of hydrogen-bond acceptors (Lipinski definition) is 3. The first-order chi connectivity index (χ1) is 8.84. The first-order valence-corrected chi connectivity index (χ1v) is 8.11. The number of aryl methyl sites for hydroxylation is 1. The first kappa shape index (κ1) is 14.4. The third kappa shape index (κ3) is 2.66. The van der Waals surface area contributed by atoms with E-state index < -0.39 is 10.0 Å². The Morgan fingerprint density at radius 1 is 1.47 bits per heavy atom. The predicted octanol–water partition coefficient (Wildman–Crippen LogP) is 1.80. The Balaban J connectivity index is 2.42. The second-order valence-corrected chi connectivity index (χ2v) is 7.28. The Morgan fingerprint density at radius 3 is 2.63 bits per heavy atom. The Morgan fingerprint density at radius 2 is 2.16 bits per heavy atom. The molecule has 0 saturated carbocycles. The maximum Gasteiger partial charge on any atom is 0.243 e. The summed E-state index contributed by atoms with van der Waals surface area (Å²) in [5, 5.41) is 0. The molecule has 0 spiro atoms. The van der Waals surface area contributed by atoms with Gasteiger partial charge in [0.2, 0.25) is 10.0 Å². The van der Waals surface area contributed by atoms with Crippen LogP contribution in [0.1, 0.15) is 30.9 Å². The molecule has 2 rings (SSSR count). The summed E-state index contributed by atoms with van der Waals surface area (Å²) >= 11 is 4.93. The van der Waals surface area contributed by atoms with Crippen molar-refractivity contribution in [2.75, 3.05) is 6.54 Å². The number of thiocarbonyl (C=S) groups is 1. The molecule has 6 heteroatoms. The van der Waals surface area contributed by atoms with Crippen LogP contribution in [0.4, 0.5) is 0 Å². The molecular formula is C13H18N2O2S2. The Labute approximate surface area is 119 Å². The van der Waals surface area contributed by atoms with Gasteiger partial charge < -0.3 is 5.73 Å². The van der Waals surface area contributed by atoms with Crippen molar-refractivity contribution in [2.45, 2.75) is 37.6 Å². The maximum atomic E-state index is 12.5. The molecule has 0 bridgehead atoms. The lowest BCUT2D eigenvalue weighted by Gasteiger charge is -2.21. The van der Waals surface area contributed by atoms with Gasteiger partial charge >= 0.3 is 0 Å². The van der Waals surface area contributed by atoms with Crippen LogP contribution < -0.4 is 5.73 Å². The standard InChI is InChI=1S/C13H18N2O2S2/c1-9-8-11(5-6-12(9)13(14)18)19(16,17)15-7-3-4-10(15)2/h5-6,8,10H,3-4,7H2,1-2H3,(H2,14,18). The zero-order chi connectivity index (χ0) is 14.2. The average Bonchev–Trinajstić information content (AvgIpc) is 2.75. The van der Waals surface area contributed by atoms with Crippen molar-refractivity contribution < 1.29 is 8.42 Å². The van der Waals surface area contributed by atoms with Gasteiger partial charge in [-0.05, 0) is 44.4 Å². The second kappa shape index (κ2) is 5.19. The molecule has 1 aromatic rings. The number of hydrogen-bond donors (Lipinski definition) is 1. The summed E-state index contributed by atoms with van der Waals surface area (Å²) in [6.07, 6.45) is 1.84. The summed E-state index contributed by atoms with van der Waals surface area (Å²) in [7, 11) is -3.40. The molecule has 1 aliphatic rings. The van der Waals surface area contributed by atoms with Crippen molar-refractivity contribution in [3.8, 4) is 0 Å². The highest BCUT2D eigenvalue weighted by atomic mass is 32.2. The van der Waals surface area contributed by atoms with E-state index in [0.29, 0.717) is 11.4 Å². The summed E-state index contributed by atoms with van der Waals surface area (Å²) in [5.74, 6) is 0. The monoisotopic (exact) mass is 298 g/mol. The molecule has 1 fully saturated rings. The van der Waals surface area contributed by atoms with Crippen molar-refractivity contribution in [3.05, 3.63) is 29.3 Å². The zero-order valence-corrected chi connectivity index (χ0v) is 12.7. The van der Waals surface area contributed by atoms with Gasteiger partial charge in [0, 0.05) is 18.2 Å². The van der Waals surface area contributed by atoms with Gasteiger partial charge in [0.15, 0.2) is 0 Å². The molecule has 4 nitrogen and oxygen atoms in total. The number of nitrogens with two attached hydrogens (primary N) is 1. The van der Waals surface area contributed by atoms with Crippen molar-refractivity contribution in [1.82, 2.24) is 4.31 Å². The molecule has 1 aliphatic heterocycles. The van der Waals surface area contributed by atoms with Crippen LogP contribution in [0.2, 0.25) is 0 Å². The Hall–Kier alpha value is -0.980. The fraction of sp³-hybridized carbons (Fsp3) is 0.462. The fourth-order valence-corrected chi connectivity index (χ4v) is 4.49. The molecule has 2 N–H and O–H groups in total. The van der Waals surface area contributed by atoms with Gasteiger partial charge in [0.05, 0.1) is 4.90 Å². The van der Waals surface area contributed by atoms with Crippen LogP contribution in [0.3, 0.4) is 0 Å². The van der Waals surface area contributed by atoms with Gasteiger partial charge in [-0.15, -0.1) is 0 Å². The van der Waals surface area contributed by atoms with Crippen molar-refractivity contribution >= 4 is 27.2 Å². The molecule has 1 heterocycles. The molecule has 1 unspecified atom stereocenters. The largest absolute Gasteiger partial charge is 0.389 e. The zero-order valence-electron chi connectivity index (χ0n) is 11.1. The summed E-state index contributed by atoms with van der Waals surface area (Å²) in [6.45, 7) is 4.36. The molecule has 104 valence electrons. The van der Waals surface area contributed by atoms with Crippen molar-refractivity contribution in [3.63, 3.8) is 0 Å². The summed E-state index contributed by atoms with van der Waals surface area (Å²) in [4.78, 5) is 0.606. The molecule has 0 aromatic heterocycles. The minimum Gasteiger partial charge on any atom is -0.389 e. The van der Waals surface area contributed by atoms with E-state index in [4.69, 9.17) is 18.0 Å². The normalized spacial score (nSPS) is 20.6. The van der Waals surface area contributed by atoms with Crippen LogP contribution in [0, 0.1) is 6.92 Å². The van der Waals surface area contributed by atoms with Gasteiger partial charge in [0.25, 0.3) is 0 Å². The lowest BCUT2D eigenvalue weighted by molar-refractivity contribution is 0.408. The number of benzene rings is 1. The summed E-state index contributed by atoms with van der Waals surface area (Å²) in [5.41, 5.74) is 7.11. The number of nitrogens with zero attached hydrogens (tertiary/aromatic N) is 1. The van der Waals surface area contributed by atoms with E-state index in [1.807, 2.05) is 13.8 Å². The first-order valence-electron chi connectivity index (χ1n) is 6.26. The van der Waals surface area contributed by atoms with E-state index >= 15 is 0 Å². The maximum absolute atomic E-state index is 12.5. The fourth-order valence-electron chi connectivity index (χ4n) is 2.47. The molecular weight excluding hydrogens is 280 g/mol. The van der Waals surface area contributed by atoms with Crippen LogP contribution in [-0.4, -0.2) is 30.3 Å². The number of sulfonamides is 1. The topological polar surface area (TPSA) is 63.4 Å². The van der Waals surface area contributed by atoms with Crippen molar-refractivity contribution in [2.24, 2.45) is 5.73 Å². The van der Waals surface area contributed by atoms with E-state index in [9.17, 15) is 8.42 Å². The van der Waals surface area contributed by atoms with Gasteiger partial charge in [-0.2, -0.15) is 4.31 Å². The molecule has 0 amide bonds. The minimum atomic E-state index is -3.40. The SMILES string of the molecule is Cc1cc(S(=O)(=O)N2CCCC2C)ccc1C(N)=S. The molecule has 0 aliphatic carbocycles. The average molecular weight is 298 g/mol. The second-order valence-electron chi connectivity index (χ2n) is 4.95. The Kier molecular flexibility index (Phi) is 3.94.